The van der Waals surface area contributed by atoms with E-state index in [1.54, 1.807) is 30.5 Å². The Morgan fingerprint density at radius 1 is 1.23 bits per heavy atom. The first kappa shape index (κ1) is 23.2. The van der Waals surface area contributed by atoms with Crippen LogP contribution in [0.5, 0.6) is 0 Å². The van der Waals surface area contributed by atoms with Gasteiger partial charge in [0, 0.05) is 13.7 Å². The van der Waals surface area contributed by atoms with Crippen molar-refractivity contribution in [3.05, 3.63) is 48.2 Å². The lowest BCUT2D eigenvalue weighted by Gasteiger charge is -2.43. The largest absolute Gasteiger partial charge is 0.441 e. The number of nitrogens with zero attached hydrogens (tertiary/aromatic N) is 6. The molecule has 1 saturated heterocycles. The number of nitriles is 1. The van der Waals surface area contributed by atoms with Crippen LogP contribution < -0.4 is 4.90 Å². The van der Waals surface area contributed by atoms with Gasteiger partial charge in [-0.3, -0.25) is 9.88 Å². The number of ether oxygens (including phenoxy) is 2. The van der Waals surface area contributed by atoms with Gasteiger partial charge in [0.2, 0.25) is 0 Å². The van der Waals surface area contributed by atoms with Crippen LogP contribution in [-0.4, -0.2) is 44.9 Å². The average Bonchev–Trinajstić information content (AvgIpc) is 3.38. The average molecular weight is 475 g/mol. The summed E-state index contributed by atoms with van der Waals surface area (Å²) in [5, 5.41) is 9.30. The fourth-order valence-corrected chi connectivity index (χ4v) is 5.49. The van der Waals surface area contributed by atoms with E-state index in [0.717, 1.165) is 43.3 Å². The maximum Gasteiger partial charge on any atom is 0.416 e. The highest BCUT2D eigenvalue weighted by atomic mass is 16.6. The molecule has 1 aliphatic carbocycles. The Morgan fingerprint density at radius 3 is 2.77 bits per heavy atom. The second-order valence-corrected chi connectivity index (χ2v) is 10.6. The van der Waals surface area contributed by atoms with Gasteiger partial charge in [-0.15, -0.1) is 0 Å². The highest BCUT2D eigenvalue weighted by Crippen LogP contribution is 2.47. The molecular formula is C26H30N6O3. The minimum Gasteiger partial charge on any atom is -0.441 e. The molecule has 2 aromatic heterocycles. The van der Waals surface area contributed by atoms with Crippen molar-refractivity contribution in [3.63, 3.8) is 0 Å². The fraction of sp³-hybridized carbons (Fsp3) is 0.500. The number of aromatic nitrogens is 4. The highest BCUT2D eigenvalue weighted by molar-refractivity contribution is 5.89. The number of imidazole rings is 1. The molecule has 35 heavy (non-hydrogen) atoms. The molecule has 3 aromatic rings. The highest BCUT2D eigenvalue weighted by Gasteiger charge is 2.52. The molecule has 1 spiro atoms. The number of carbonyl (C=O) groups is 1. The summed E-state index contributed by atoms with van der Waals surface area (Å²) in [4.78, 5) is 28.0. The Bertz CT molecular complexity index is 1310. The van der Waals surface area contributed by atoms with Crippen molar-refractivity contribution >= 4 is 22.9 Å². The van der Waals surface area contributed by atoms with Gasteiger partial charge in [0.25, 0.3) is 0 Å². The summed E-state index contributed by atoms with van der Waals surface area (Å²) in [5.74, 6) is 0.486. The lowest BCUT2D eigenvalue weighted by Crippen LogP contribution is -2.45. The molecule has 0 bridgehead atoms. The Labute approximate surface area is 204 Å². The van der Waals surface area contributed by atoms with Gasteiger partial charge < -0.3 is 14.0 Å². The number of rotatable bonds is 5. The van der Waals surface area contributed by atoms with E-state index in [9.17, 15) is 10.1 Å². The molecule has 9 heteroatoms. The molecule has 1 aliphatic heterocycles. The van der Waals surface area contributed by atoms with E-state index >= 15 is 0 Å². The Balaban J connectivity index is 1.36. The fourth-order valence-electron chi connectivity index (χ4n) is 5.49. The van der Waals surface area contributed by atoms with E-state index in [1.807, 2.05) is 32.3 Å². The van der Waals surface area contributed by atoms with Crippen molar-refractivity contribution < 1.29 is 14.3 Å². The first-order chi connectivity index (χ1) is 16.7. The third-order valence-electron chi connectivity index (χ3n) is 7.48. The Morgan fingerprint density at radius 2 is 2.06 bits per heavy atom. The topological polar surface area (TPSA) is 106 Å². The number of benzene rings is 1. The summed E-state index contributed by atoms with van der Waals surface area (Å²) in [6.45, 7) is 7.27. The van der Waals surface area contributed by atoms with E-state index in [-0.39, 0.29) is 11.5 Å². The predicted octanol–water partition coefficient (Wildman–Crippen LogP) is 4.56. The number of amides is 1. The SMILES string of the molecule is COC(C)(C)c1cnc(N2C[C@@]3(CCC[C@](C)(Cn4cnc5ccc(C#N)cc54)C3)OC2=O)cn1. The van der Waals surface area contributed by atoms with E-state index < -0.39 is 11.2 Å². The predicted molar refractivity (Wildman–Crippen MR) is 130 cm³/mol. The molecule has 2 aliphatic rings. The van der Waals surface area contributed by atoms with Crippen LogP contribution in [0.15, 0.2) is 36.9 Å². The first-order valence-electron chi connectivity index (χ1n) is 11.9. The molecule has 9 nitrogen and oxygen atoms in total. The maximum atomic E-state index is 12.9. The van der Waals surface area contributed by atoms with Crippen LogP contribution in [-0.2, 0) is 21.6 Å². The van der Waals surface area contributed by atoms with Gasteiger partial charge in [-0.05, 0) is 63.1 Å². The third kappa shape index (κ3) is 4.23. The molecule has 2 fully saturated rings. The molecule has 5 rings (SSSR count). The summed E-state index contributed by atoms with van der Waals surface area (Å²) >= 11 is 0. The maximum absolute atomic E-state index is 12.9. The van der Waals surface area contributed by atoms with Crippen LogP contribution in [0.4, 0.5) is 10.6 Å². The standard InChI is InChI=1S/C26H30N6O3/c1-24(2,34-4)21-12-29-22(13-28-21)32-16-26(35-23(32)33)9-5-8-25(3,14-26)15-31-17-30-19-7-6-18(11-27)10-20(19)31/h6-7,10,12-13,17H,5,8-9,14-16H2,1-4H3/t25-,26-/m0/s1. The van der Waals surface area contributed by atoms with E-state index in [1.165, 1.54) is 0 Å². The van der Waals surface area contributed by atoms with Crippen molar-refractivity contribution in [3.8, 4) is 6.07 Å². The molecule has 182 valence electrons. The van der Waals surface area contributed by atoms with E-state index in [0.29, 0.717) is 23.6 Å². The van der Waals surface area contributed by atoms with Crippen LogP contribution >= 0.6 is 0 Å². The minimum absolute atomic E-state index is 0.0944. The zero-order valence-electron chi connectivity index (χ0n) is 20.6. The van der Waals surface area contributed by atoms with Gasteiger partial charge in [-0.1, -0.05) is 6.92 Å². The van der Waals surface area contributed by atoms with Crippen molar-refractivity contribution in [1.29, 1.82) is 5.26 Å². The van der Waals surface area contributed by atoms with Gasteiger partial charge >= 0.3 is 6.09 Å². The lowest BCUT2D eigenvalue weighted by atomic mass is 9.68. The second-order valence-electron chi connectivity index (χ2n) is 10.6. The molecule has 3 heterocycles. The van der Waals surface area contributed by atoms with Gasteiger partial charge in [0.15, 0.2) is 5.82 Å². The monoisotopic (exact) mass is 474 g/mol. The molecule has 2 atom stereocenters. The molecule has 0 radical (unpaired) electrons. The smallest absolute Gasteiger partial charge is 0.416 e. The third-order valence-corrected chi connectivity index (χ3v) is 7.48. The van der Waals surface area contributed by atoms with Crippen molar-refractivity contribution in [1.82, 2.24) is 19.5 Å². The summed E-state index contributed by atoms with van der Waals surface area (Å²) in [5.41, 5.74) is 1.91. The second kappa shape index (κ2) is 8.31. The molecule has 1 aromatic carbocycles. The Kier molecular flexibility index (Phi) is 5.52. The van der Waals surface area contributed by atoms with Crippen LogP contribution in [0.1, 0.15) is 57.7 Å². The van der Waals surface area contributed by atoms with Gasteiger partial charge in [0.1, 0.15) is 11.2 Å². The van der Waals surface area contributed by atoms with Crippen molar-refractivity contribution in [2.75, 3.05) is 18.6 Å². The zero-order valence-corrected chi connectivity index (χ0v) is 20.6. The summed E-state index contributed by atoms with van der Waals surface area (Å²) in [7, 11) is 1.63. The summed E-state index contributed by atoms with van der Waals surface area (Å²) < 4.78 is 13.6. The zero-order chi connectivity index (χ0) is 24.8. The van der Waals surface area contributed by atoms with E-state index in [4.69, 9.17) is 9.47 Å². The molecule has 1 saturated carbocycles. The minimum atomic E-state index is -0.565. The molecule has 0 unspecified atom stereocenters. The summed E-state index contributed by atoms with van der Waals surface area (Å²) in [6.07, 6.45) is 8.26. The molecule has 0 N–H and O–H groups in total. The van der Waals surface area contributed by atoms with Gasteiger partial charge in [-0.2, -0.15) is 5.26 Å². The number of fused-ring (bicyclic) bond motifs is 1. The number of hydrogen-bond donors (Lipinski definition) is 0. The number of carbonyl (C=O) groups excluding carboxylic acids is 1. The van der Waals surface area contributed by atoms with Gasteiger partial charge in [0.05, 0.1) is 53.6 Å². The quantitative estimate of drug-likeness (QED) is 0.534. The Hall–Kier alpha value is -3.51. The van der Waals surface area contributed by atoms with Crippen LogP contribution in [0, 0.1) is 16.7 Å². The van der Waals surface area contributed by atoms with Crippen LogP contribution in [0.25, 0.3) is 11.0 Å². The number of anilines is 1. The lowest BCUT2D eigenvalue weighted by molar-refractivity contribution is -0.0264. The van der Waals surface area contributed by atoms with Crippen molar-refractivity contribution in [2.24, 2.45) is 5.41 Å². The number of methoxy groups -OCH3 is 1. The van der Waals surface area contributed by atoms with Crippen LogP contribution in [0.2, 0.25) is 0 Å². The molecule has 1 amide bonds. The number of hydrogen-bond acceptors (Lipinski definition) is 7. The summed E-state index contributed by atoms with van der Waals surface area (Å²) in [6, 6.07) is 7.76. The van der Waals surface area contributed by atoms with Crippen LogP contribution in [0.3, 0.4) is 0 Å². The van der Waals surface area contributed by atoms with E-state index in [2.05, 4.69) is 32.5 Å². The molecular weight excluding hydrogens is 444 g/mol. The first-order valence-corrected chi connectivity index (χ1v) is 11.9. The normalized spacial score (nSPS) is 24.7. The van der Waals surface area contributed by atoms with Crippen molar-refractivity contribution in [2.45, 2.75) is 64.2 Å². The van der Waals surface area contributed by atoms with Gasteiger partial charge in [-0.25, -0.2) is 14.8 Å².